The molecule has 0 fully saturated rings. The fourth-order valence-electron chi connectivity index (χ4n) is 2.43. The van der Waals surface area contributed by atoms with E-state index >= 15 is 0 Å². The Balaban J connectivity index is 2.11. The molecule has 0 aliphatic carbocycles. The van der Waals surface area contributed by atoms with Gasteiger partial charge in [-0.15, -0.1) is 15.2 Å². The quantitative estimate of drug-likeness (QED) is 0.488. The average molecular weight is 384 g/mol. The highest BCUT2D eigenvalue weighted by Gasteiger charge is 2.15. The second kappa shape index (κ2) is 6.89. The fraction of sp³-hybridized carbons (Fsp3) is 0.0588. The number of nitrogens with zero attached hydrogens (tertiary/aromatic N) is 4. The van der Waals surface area contributed by atoms with Gasteiger partial charge in [0.2, 0.25) is 5.88 Å². The summed E-state index contributed by atoms with van der Waals surface area (Å²) >= 11 is 0. The summed E-state index contributed by atoms with van der Waals surface area (Å²) in [5.41, 5.74) is 2.04. The highest BCUT2D eigenvalue weighted by molar-refractivity contribution is 7.90. The predicted octanol–water partition coefficient (Wildman–Crippen LogP) is 2.38. The maximum atomic E-state index is 11.6. The summed E-state index contributed by atoms with van der Waals surface area (Å²) in [6.45, 7) is 0. The van der Waals surface area contributed by atoms with E-state index in [1.54, 1.807) is 36.4 Å². The van der Waals surface area contributed by atoms with E-state index in [-0.39, 0.29) is 10.8 Å². The molecule has 0 amide bonds. The van der Waals surface area contributed by atoms with Crippen LogP contribution in [-0.2, 0) is 9.84 Å². The van der Waals surface area contributed by atoms with Crippen LogP contribution in [-0.4, -0.2) is 29.5 Å². The summed E-state index contributed by atoms with van der Waals surface area (Å²) in [5.74, 6) is -0.230. The third kappa shape index (κ3) is 3.94. The van der Waals surface area contributed by atoms with Crippen molar-refractivity contribution in [3.8, 4) is 28.9 Å². The molecule has 1 heterocycles. The van der Waals surface area contributed by atoms with Gasteiger partial charge in [-0.2, -0.15) is 5.26 Å². The van der Waals surface area contributed by atoms with E-state index in [1.807, 2.05) is 6.07 Å². The van der Waals surface area contributed by atoms with Crippen molar-refractivity contribution in [2.75, 3.05) is 6.26 Å². The lowest BCUT2D eigenvalue weighted by Gasteiger charge is -2.08. The van der Waals surface area contributed by atoms with Crippen LogP contribution in [0.25, 0.3) is 16.9 Å². The summed E-state index contributed by atoms with van der Waals surface area (Å²) < 4.78 is 24.6. The van der Waals surface area contributed by atoms with Gasteiger partial charge in [0, 0.05) is 17.9 Å². The molecule has 10 heteroatoms. The molecule has 0 spiro atoms. The Hall–Kier alpha value is -3.71. The van der Waals surface area contributed by atoms with E-state index in [9.17, 15) is 18.5 Å². The lowest BCUT2D eigenvalue weighted by molar-refractivity contribution is -0.712. The Morgan fingerprint density at radius 2 is 1.78 bits per heavy atom. The first-order chi connectivity index (χ1) is 12.8. The van der Waals surface area contributed by atoms with Crippen molar-refractivity contribution in [1.82, 2.24) is 9.78 Å². The molecule has 27 heavy (non-hydrogen) atoms. The van der Waals surface area contributed by atoms with Crippen LogP contribution in [0.2, 0.25) is 0 Å². The minimum absolute atomic E-state index is 0.150. The molecular formula is C17H12N4O5S. The maximum Gasteiger partial charge on any atom is 0.301 e. The van der Waals surface area contributed by atoms with Crippen molar-refractivity contribution in [1.29, 1.82) is 5.26 Å². The van der Waals surface area contributed by atoms with Crippen molar-refractivity contribution in [3.63, 3.8) is 0 Å². The summed E-state index contributed by atoms with van der Waals surface area (Å²) in [6, 6.07) is 15.8. The number of benzene rings is 2. The Morgan fingerprint density at radius 1 is 1.15 bits per heavy atom. The third-order valence-electron chi connectivity index (χ3n) is 3.67. The number of sulfone groups is 1. The number of rotatable bonds is 5. The zero-order valence-corrected chi connectivity index (χ0v) is 14.8. The van der Waals surface area contributed by atoms with Gasteiger partial charge in [-0.1, -0.05) is 12.1 Å². The van der Waals surface area contributed by atoms with Crippen molar-refractivity contribution in [2.24, 2.45) is 0 Å². The molecule has 2 aromatic carbocycles. The molecule has 0 aliphatic rings. The smallest absolute Gasteiger partial charge is 0.254 e. The Kier molecular flexibility index (Phi) is 4.62. The molecule has 0 N–H and O–H groups in total. The standard InChI is InChI=1S/C17H12N4O5S/c1-27(24,25)15-8-4-13(5-9-15)16-10-17(26-21(22)23)19-20(16)14-6-2-12(11-18)3-7-14/h2-10H,1H3. The van der Waals surface area contributed by atoms with Gasteiger partial charge in [-0.25, -0.2) is 13.1 Å². The molecule has 0 unspecified atom stereocenters. The molecular weight excluding hydrogens is 372 g/mol. The lowest BCUT2D eigenvalue weighted by atomic mass is 10.1. The number of nitriles is 1. The second-order valence-corrected chi connectivity index (χ2v) is 7.57. The zero-order valence-electron chi connectivity index (χ0n) is 13.9. The van der Waals surface area contributed by atoms with Crippen LogP contribution in [0.3, 0.4) is 0 Å². The number of hydrogen-bond donors (Lipinski definition) is 0. The zero-order chi connectivity index (χ0) is 19.6. The van der Waals surface area contributed by atoms with Crippen molar-refractivity contribution < 1.29 is 18.3 Å². The number of aromatic nitrogens is 2. The molecule has 0 radical (unpaired) electrons. The molecule has 0 saturated carbocycles. The van der Waals surface area contributed by atoms with Crippen molar-refractivity contribution in [3.05, 3.63) is 70.3 Å². The minimum Gasteiger partial charge on any atom is -0.254 e. The first-order valence-corrected chi connectivity index (χ1v) is 9.40. The first-order valence-electron chi connectivity index (χ1n) is 7.51. The summed E-state index contributed by atoms with van der Waals surface area (Å²) in [4.78, 5) is 15.2. The van der Waals surface area contributed by atoms with Gasteiger partial charge in [0.25, 0.3) is 0 Å². The van der Waals surface area contributed by atoms with Gasteiger partial charge in [-0.3, -0.25) is 4.84 Å². The molecule has 0 bridgehead atoms. The molecule has 0 aliphatic heterocycles. The highest BCUT2D eigenvalue weighted by Crippen LogP contribution is 2.28. The van der Waals surface area contributed by atoms with Gasteiger partial charge >= 0.3 is 5.09 Å². The molecule has 1 aromatic heterocycles. The predicted molar refractivity (Wildman–Crippen MR) is 94.4 cm³/mol. The van der Waals surface area contributed by atoms with Gasteiger partial charge in [0.15, 0.2) is 9.84 Å². The molecule has 3 rings (SSSR count). The highest BCUT2D eigenvalue weighted by atomic mass is 32.2. The summed E-state index contributed by atoms with van der Waals surface area (Å²) in [5, 5.41) is 22.6. The third-order valence-corrected chi connectivity index (χ3v) is 4.80. The molecule has 0 atom stereocenters. The van der Waals surface area contributed by atoms with Crippen LogP contribution in [0.4, 0.5) is 0 Å². The van der Waals surface area contributed by atoms with Gasteiger partial charge < -0.3 is 0 Å². The summed E-state index contributed by atoms with van der Waals surface area (Å²) in [7, 11) is -3.35. The van der Waals surface area contributed by atoms with Crippen LogP contribution in [0.15, 0.2) is 59.5 Å². The van der Waals surface area contributed by atoms with Gasteiger partial charge in [0.1, 0.15) is 0 Å². The lowest BCUT2D eigenvalue weighted by Crippen LogP contribution is -2.05. The SMILES string of the molecule is CS(=O)(=O)c1ccc(-c2cc(O[N+](=O)[O-])nn2-c2ccc(C#N)cc2)cc1. The van der Waals surface area contributed by atoms with E-state index in [0.29, 0.717) is 22.5 Å². The van der Waals surface area contributed by atoms with Crippen LogP contribution >= 0.6 is 0 Å². The normalized spacial score (nSPS) is 11.0. The van der Waals surface area contributed by atoms with Crippen molar-refractivity contribution in [2.45, 2.75) is 4.90 Å². The molecule has 9 nitrogen and oxygen atoms in total. The second-order valence-electron chi connectivity index (χ2n) is 5.55. The van der Waals surface area contributed by atoms with E-state index in [4.69, 9.17) is 5.26 Å². The number of hydrogen-bond acceptors (Lipinski definition) is 7. The van der Waals surface area contributed by atoms with E-state index in [2.05, 4.69) is 9.94 Å². The Bertz CT molecular complexity index is 1140. The van der Waals surface area contributed by atoms with Crippen LogP contribution in [0, 0.1) is 21.4 Å². The van der Waals surface area contributed by atoms with Gasteiger partial charge in [0.05, 0.1) is 27.9 Å². The Morgan fingerprint density at radius 3 is 2.30 bits per heavy atom. The molecule has 136 valence electrons. The summed E-state index contributed by atoms with van der Waals surface area (Å²) in [6.07, 6.45) is 1.10. The van der Waals surface area contributed by atoms with Crippen LogP contribution < -0.4 is 4.84 Å². The van der Waals surface area contributed by atoms with Crippen molar-refractivity contribution >= 4 is 9.84 Å². The van der Waals surface area contributed by atoms with E-state index in [0.717, 1.165) is 6.26 Å². The van der Waals surface area contributed by atoms with E-state index < -0.39 is 14.9 Å². The fourth-order valence-corrected chi connectivity index (χ4v) is 3.06. The maximum absolute atomic E-state index is 11.6. The first kappa shape index (κ1) is 18.1. The Labute approximate surface area is 154 Å². The molecule has 3 aromatic rings. The minimum atomic E-state index is -3.35. The van der Waals surface area contributed by atoms with Crippen LogP contribution in [0.5, 0.6) is 5.88 Å². The van der Waals surface area contributed by atoms with E-state index in [1.165, 1.54) is 22.9 Å². The average Bonchev–Trinajstić information content (AvgIpc) is 3.04. The largest absolute Gasteiger partial charge is 0.301 e. The monoisotopic (exact) mass is 384 g/mol. The topological polar surface area (TPSA) is 128 Å². The van der Waals surface area contributed by atoms with Crippen LogP contribution in [0.1, 0.15) is 5.56 Å². The van der Waals surface area contributed by atoms with Gasteiger partial charge in [-0.05, 0) is 36.4 Å². The molecule has 0 saturated heterocycles.